The van der Waals surface area contributed by atoms with Gasteiger partial charge in [-0.1, -0.05) is 32.4 Å². The van der Waals surface area contributed by atoms with Gasteiger partial charge in [0.1, 0.15) is 5.75 Å². The first-order valence-electron chi connectivity index (χ1n) is 6.16. The topological polar surface area (TPSA) is 52.5 Å². The number of phenolic OH excluding ortho intramolecular Hbond substituents is 1. The fourth-order valence-corrected chi connectivity index (χ4v) is 1.74. The van der Waals surface area contributed by atoms with Crippen LogP contribution in [0.5, 0.6) is 5.75 Å². The maximum atomic E-state index is 10.2. The first kappa shape index (κ1) is 14.0. The predicted octanol–water partition coefficient (Wildman–Crippen LogP) is 2.28. The Hall–Kier alpha value is -1.06. The molecular formula is C14H23NO2. The lowest BCUT2D eigenvalue weighted by Gasteiger charge is -2.30. The maximum absolute atomic E-state index is 10.2. The van der Waals surface area contributed by atoms with Crippen molar-refractivity contribution in [3.63, 3.8) is 0 Å². The summed E-state index contributed by atoms with van der Waals surface area (Å²) in [5, 5.41) is 22.7. The first-order chi connectivity index (χ1) is 7.95. The second kappa shape index (κ2) is 6.03. The molecule has 0 aliphatic rings. The van der Waals surface area contributed by atoms with Crippen molar-refractivity contribution < 1.29 is 10.2 Å². The lowest BCUT2D eigenvalue weighted by molar-refractivity contribution is 0.00535. The van der Waals surface area contributed by atoms with Crippen molar-refractivity contribution in [3.8, 4) is 5.75 Å². The Balaban J connectivity index is 2.42. The number of rotatable bonds is 6. The van der Waals surface area contributed by atoms with E-state index in [-0.39, 0.29) is 11.7 Å². The first-order valence-corrected chi connectivity index (χ1v) is 6.16. The summed E-state index contributed by atoms with van der Waals surface area (Å²) in [6.45, 7) is 7.19. The molecule has 0 aliphatic carbocycles. The van der Waals surface area contributed by atoms with Crippen molar-refractivity contribution in [2.24, 2.45) is 5.92 Å². The highest BCUT2D eigenvalue weighted by molar-refractivity contribution is 5.26. The average Bonchev–Trinajstić information content (AvgIpc) is 2.27. The number of phenols is 1. The van der Waals surface area contributed by atoms with Gasteiger partial charge < -0.3 is 15.5 Å². The molecule has 1 aromatic rings. The van der Waals surface area contributed by atoms with Gasteiger partial charge >= 0.3 is 0 Å². The van der Waals surface area contributed by atoms with Gasteiger partial charge in [-0.2, -0.15) is 0 Å². The van der Waals surface area contributed by atoms with Crippen LogP contribution in [0.15, 0.2) is 24.3 Å². The van der Waals surface area contributed by atoms with E-state index < -0.39 is 5.60 Å². The van der Waals surface area contributed by atoms with E-state index in [1.165, 1.54) is 0 Å². The van der Waals surface area contributed by atoms with Crippen LogP contribution in [0.25, 0.3) is 0 Å². The molecule has 0 unspecified atom stereocenters. The van der Waals surface area contributed by atoms with E-state index in [0.29, 0.717) is 13.1 Å². The van der Waals surface area contributed by atoms with Gasteiger partial charge in [-0.3, -0.25) is 0 Å². The number of hydrogen-bond donors (Lipinski definition) is 3. The molecule has 0 spiro atoms. The SMILES string of the molecule is CC[C@H](C)[C@@](C)(O)CNCc1cccc(O)c1. The Kier molecular flexibility index (Phi) is 4.97. The monoisotopic (exact) mass is 237 g/mol. The van der Waals surface area contributed by atoms with Crippen LogP contribution in [-0.2, 0) is 6.54 Å². The van der Waals surface area contributed by atoms with E-state index in [0.717, 1.165) is 12.0 Å². The molecule has 0 saturated heterocycles. The summed E-state index contributed by atoms with van der Waals surface area (Å²) in [5.41, 5.74) is 0.330. The van der Waals surface area contributed by atoms with Gasteiger partial charge in [-0.15, -0.1) is 0 Å². The Bertz CT molecular complexity index is 350. The molecule has 0 saturated carbocycles. The van der Waals surface area contributed by atoms with Gasteiger partial charge in [0, 0.05) is 13.1 Å². The van der Waals surface area contributed by atoms with Gasteiger partial charge in [-0.05, 0) is 30.5 Å². The van der Waals surface area contributed by atoms with Crippen molar-refractivity contribution >= 4 is 0 Å². The van der Waals surface area contributed by atoms with Crippen LogP contribution < -0.4 is 5.32 Å². The summed E-state index contributed by atoms with van der Waals surface area (Å²) in [5.74, 6) is 0.539. The minimum absolute atomic E-state index is 0.263. The smallest absolute Gasteiger partial charge is 0.115 e. The highest BCUT2D eigenvalue weighted by Gasteiger charge is 2.26. The van der Waals surface area contributed by atoms with E-state index in [1.54, 1.807) is 12.1 Å². The van der Waals surface area contributed by atoms with Crippen molar-refractivity contribution in [1.29, 1.82) is 0 Å². The zero-order valence-electron chi connectivity index (χ0n) is 10.9. The molecule has 0 radical (unpaired) electrons. The molecule has 0 aromatic heterocycles. The maximum Gasteiger partial charge on any atom is 0.115 e. The summed E-state index contributed by atoms with van der Waals surface area (Å²) < 4.78 is 0. The number of nitrogens with one attached hydrogen (secondary N) is 1. The molecule has 2 atom stereocenters. The Labute approximate surface area is 103 Å². The fourth-order valence-electron chi connectivity index (χ4n) is 1.74. The predicted molar refractivity (Wildman–Crippen MR) is 69.9 cm³/mol. The highest BCUT2D eigenvalue weighted by atomic mass is 16.3. The number of hydrogen-bond acceptors (Lipinski definition) is 3. The van der Waals surface area contributed by atoms with Crippen LogP contribution >= 0.6 is 0 Å². The second-order valence-corrected chi connectivity index (χ2v) is 4.94. The minimum Gasteiger partial charge on any atom is -0.508 e. The summed E-state index contributed by atoms with van der Waals surface area (Å²) in [6, 6.07) is 7.15. The molecule has 0 amide bonds. The molecule has 17 heavy (non-hydrogen) atoms. The van der Waals surface area contributed by atoms with Crippen LogP contribution in [0.2, 0.25) is 0 Å². The van der Waals surface area contributed by atoms with Crippen molar-refractivity contribution in [1.82, 2.24) is 5.32 Å². The molecule has 1 rings (SSSR count). The van der Waals surface area contributed by atoms with E-state index in [2.05, 4.69) is 19.2 Å². The Morgan fingerprint density at radius 1 is 1.41 bits per heavy atom. The van der Waals surface area contributed by atoms with Gasteiger partial charge in [0.25, 0.3) is 0 Å². The number of benzene rings is 1. The van der Waals surface area contributed by atoms with E-state index in [4.69, 9.17) is 0 Å². The number of aliphatic hydroxyl groups is 1. The van der Waals surface area contributed by atoms with Gasteiger partial charge in [0.2, 0.25) is 0 Å². The fraction of sp³-hybridized carbons (Fsp3) is 0.571. The molecule has 96 valence electrons. The summed E-state index contributed by atoms with van der Waals surface area (Å²) in [7, 11) is 0. The molecule has 0 aliphatic heterocycles. The molecule has 3 nitrogen and oxygen atoms in total. The van der Waals surface area contributed by atoms with Crippen LogP contribution in [0.4, 0.5) is 0 Å². The molecule has 0 fully saturated rings. The van der Waals surface area contributed by atoms with E-state index in [1.807, 2.05) is 19.1 Å². The van der Waals surface area contributed by atoms with Crippen LogP contribution in [-0.4, -0.2) is 22.4 Å². The Morgan fingerprint density at radius 2 is 2.12 bits per heavy atom. The zero-order chi connectivity index (χ0) is 12.9. The minimum atomic E-state index is -0.689. The van der Waals surface area contributed by atoms with Crippen LogP contribution in [0, 0.1) is 5.92 Å². The third-order valence-electron chi connectivity index (χ3n) is 3.40. The number of aromatic hydroxyl groups is 1. The molecule has 3 heteroatoms. The molecule has 0 heterocycles. The van der Waals surface area contributed by atoms with E-state index in [9.17, 15) is 10.2 Å². The highest BCUT2D eigenvalue weighted by Crippen LogP contribution is 2.19. The average molecular weight is 237 g/mol. The standard InChI is InChI=1S/C14H23NO2/c1-4-11(2)14(3,17)10-15-9-12-6-5-7-13(16)8-12/h5-8,11,15-17H,4,9-10H2,1-3H3/t11-,14-/m0/s1. The molecule has 0 bridgehead atoms. The second-order valence-electron chi connectivity index (χ2n) is 4.94. The van der Waals surface area contributed by atoms with Crippen LogP contribution in [0.3, 0.4) is 0 Å². The normalized spacial score (nSPS) is 16.5. The Morgan fingerprint density at radius 3 is 2.71 bits per heavy atom. The third-order valence-corrected chi connectivity index (χ3v) is 3.40. The van der Waals surface area contributed by atoms with Crippen LogP contribution in [0.1, 0.15) is 32.8 Å². The molecule has 1 aromatic carbocycles. The van der Waals surface area contributed by atoms with Gasteiger partial charge in [0.15, 0.2) is 0 Å². The summed E-state index contributed by atoms with van der Waals surface area (Å²) >= 11 is 0. The van der Waals surface area contributed by atoms with Gasteiger partial charge in [0.05, 0.1) is 5.60 Å². The third kappa shape index (κ3) is 4.36. The lowest BCUT2D eigenvalue weighted by Crippen LogP contribution is -2.42. The van der Waals surface area contributed by atoms with Gasteiger partial charge in [-0.25, -0.2) is 0 Å². The summed E-state index contributed by atoms with van der Waals surface area (Å²) in [6.07, 6.45) is 0.959. The lowest BCUT2D eigenvalue weighted by atomic mass is 9.88. The quantitative estimate of drug-likeness (QED) is 0.711. The largest absolute Gasteiger partial charge is 0.508 e. The molecule has 3 N–H and O–H groups in total. The van der Waals surface area contributed by atoms with E-state index >= 15 is 0 Å². The van der Waals surface area contributed by atoms with Crippen molar-refractivity contribution in [3.05, 3.63) is 29.8 Å². The summed E-state index contributed by atoms with van der Waals surface area (Å²) in [4.78, 5) is 0. The molecular weight excluding hydrogens is 214 g/mol. The van der Waals surface area contributed by atoms with Crippen molar-refractivity contribution in [2.45, 2.75) is 39.3 Å². The zero-order valence-corrected chi connectivity index (χ0v) is 10.9. The van der Waals surface area contributed by atoms with Crippen molar-refractivity contribution in [2.75, 3.05) is 6.54 Å².